The Morgan fingerprint density at radius 1 is 1.24 bits per heavy atom. The molecule has 0 aliphatic rings. The third-order valence-electron chi connectivity index (χ3n) is 2.77. The molecule has 2 nitrogen and oxygen atoms in total. The highest BCUT2D eigenvalue weighted by Gasteiger charge is 2.16. The van der Waals surface area contributed by atoms with Crippen LogP contribution >= 0.6 is 0 Å². The smallest absolute Gasteiger partial charge is 0.119 e. The van der Waals surface area contributed by atoms with E-state index in [1.807, 2.05) is 36.5 Å². The first kappa shape index (κ1) is 13.8. The van der Waals surface area contributed by atoms with Crippen molar-refractivity contribution in [3.05, 3.63) is 30.3 Å². The van der Waals surface area contributed by atoms with Crippen molar-refractivity contribution >= 4 is 6.21 Å². The van der Waals surface area contributed by atoms with Crippen molar-refractivity contribution in [3.63, 3.8) is 0 Å². The van der Waals surface area contributed by atoms with Crippen molar-refractivity contribution in [1.29, 1.82) is 0 Å². The van der Waals surface area contributed by atoms with Gasteiger partial charge < -0.3 is 4.74 Å². The van der Waals surface area contributed by atoms with Crippen LogP contribution in [0, 0.1) is 5.92 Å². The normalized spacial score (nSPS) is 14.8. The van der Waals surface area contributed by atoms with Gasteiger partial charge in [-0.1, -0.05) is 39.0 Å². The van der Waals surface area contributed by atoms with Crippen molar-refractivity contribution in [3.8, 4) is 5.75 Å². The molecule has 2 atom stereocenters. The molecule has 0 saturated heterocycles. The van der Waals surface area contributed by atoms with Crippen LogP contribution in [-0.2, 0) is 0 Å². The predicted molar refractivity (Wildman–Crippen MR) is 74.0 cm³/mol. The van der Waals surface area contributed by atoms with Gasteiger partial charge in [0.05, 0.1) is 0 Å². The highest BCUT2D eigenvalue weighted by molar-refractivity contribution is 5.56. The molecule has 0 heterocycles. The van der Waals surface area contributed by atoms with E-state index in [1.54, 1.807) is 0 Å². The van der Waals surface area contributed by atoms with Crippen LogP contribution in [0.5, 0.6) is 5.75 Å². The Balaban J connectivity index is 2.50. The van der Waals surface area contributed by atoms with E-state index in [2.05, 4.69) is 25.8 Å². The molecule has 94 valence electrons. The van der Waals surface area contributed by atoms with Crippen molar-refractivity contribution in [2.75, 3.05) is 6.54 Å². The molecule has 0 amide bonds. The Hall–Kier alpha value is -1.31. The molecule has 0 aromatic heterocycles. The summed E-state index contributed by atoms with van der Waals surface area (Å²) in [7, 11) is 0. The average molecular weight is 233 g/mol. The Bertz CT molecular complexity index is 321. The lowest BCUT2D eigenvalue weighted by atomic mass is 10.0. The zero-order valence-corrected chi connectivity index (χ0v) is 11.1. The fourth-order valence-corrected chi connectivity index (χ4v) is 1.76. The second-order valence-electron chi connectivity index (χ2n) is 4.31. The quantitative estimate of drug-likeness (QED) is 0.653. The van der Waals surface area contributed by atoms with Crippen LogP contribution < -0.4 is 4.74 Å². The summed E-state index contributed by atoms with van der Waals surface area (Å²) in [5.41, 5.74) is 0. The molecule has 0 aliphatic heterocycles. The third-order valence-corrected chi connectivity index (χ3v) is 2.77. The second-order valence-corrected chi connectivity index (χ2v) is 4.31. The lowest BCUT2D eigenvalue weighted by molar-refractivity contribution is 0.142. The Kier molecular flexibility index (Phi) is 6.38. The molecule has 1 rings (SSSR count). The van der Waals surface area contributed by atoms with Crippen molar-refractivity contribution < 1.29 is 4.74 Å². The molecule has 0 radical (unpaired) electrons. The Labute approximate surface area is 105 Å². The van der Waals surface area contributed by atoms with Gasteiger partial charge in [0.1, 0.15) is 11.9 Å². The number of aliphatic imine (C=N–C) groups is 1. The highest BCUT2D eigenvalue weighted by atomic mass is 16.5. The summed E-state index contributed by atoms with van der Waals surface area (Å²) in [4.78, 5) is 4.40. The van der Waals surface area contributed by atoms with E-state index in [4.69, 9.17) is 4.74 Å². The van der Waals surface area contributed by atoms with Crippen LogP contribution in [0.3, 0.4) is 0 Å². The topological polar surface area (TPSA) is 21.6 Å². The minimum Gasteiger partial charge on any atom is -0.490 e. The van der Waals surface area contributed by atoms with Crippen LogP contribution in [0.1, 0.15) is 33.6 Å². The molecule has 0 N–H and O–H groups in total. The molecule has 17 heavy (non-hydrogen) atoms. The molecule has 0 saturated carbocycles. The lowest BCUT2D eigenvalue weighted by Crippen LogP contribution is -2.26. The zero-order valence-electron chi connectivity index (χ0n) is 11.1. The second kappa shape index (κ2) is 7.88. The highest BCUT2D eigenvalue weighted by Crippen LogP contribution is 2.17. The number of hydrogen-bond donors (Lipinski definition) is 0. The SMILES string of the molecule is CC/C=N\C[C@@H](C)C(CC)Oc1ccccc1. The van der Waals surface area contributed by atoms with E-state index in [0.717, 1.165) is 25.1 Å². The van der Waals surface area contributed by atoms with E-state index in [1.165, 1.54) is 0 Å². The van der Waals surface area contributed by atoms with Crippen LogP contribution in [0.4, 0.5) is 0 Å². The first-order valence-electron chi connectivity index (χ1n) is 6.47. The van der Waals surface area contributed by atoms with E-state index in [0.29, 0.717) is 5.92 Å². The summed E-state index contributed by atoms with van der Waals surface area (Å²) < 4.78 is 5.98. The van der Waals surface area contributed by atoms with Gasteiger partial charge in [-0.3, -0.25) is 4.99 Å². The Morgan fingerprint density at radius 3 is 2.53 bits per heavy atom. The number of nitrogens with zero attached hydrogens (tertiary/aromatic N) is 1. The van der Waals surface area contributed by atoms with Gasteiger partial charge in [0.15, 0.2) is 0 Å². The molecule has 0 aliphatic carbocycles. The fourth-order valence-electron chi connectivity index (χ4n) is 1.76. The maximum Gasteiger partial charge on any atom is 0.119 e. The van der Waals surface area contributed by atoms with E-state index >= 15 is 0 Å². The minimum atomic E-state index is 0.242. The number of ether oxygens (including phenoxy) is 1. The van der Waals surface area contributed by atoms with Crippen LogP contribution in [-0.4, -0.2) is 18.9 Å². The largest absolute Gasteiger partial charge is 0.490 e. The van der Waals surface area contributed by atoms with Crippen molar-refractivity contribution in [2.24, 2.45) is 10.9 Å². The first-order valence-corrected chi connectivity index (χ1v) is 6.47. The van der Waals surface area contributed by atoms with Crippen molar-refractivity contribution in [2.45, 2.75) is 39.7 Å². The molecule has 2 heteroatoms. The summed E-state index contributed by atoms with van der Waals surface area (Å²) in [5.74, 6) is 1.40. The van der Waals surface area contributed by atoms with Gasteiger partial charge in [-0.25, -0.2) is 0 Å². The molecule has 0 spiro atoms. The summed E-state index contributed by atoms with van der Waals surface area (Å²) in [6.45, 7) is 7.31. The van der Waals surface area contributed by atoms with E-state index in [-0.39, 0.29) is 6.10 Å². The van der Waals surface area contributed by atoms with Gasteiger partial charge in [-0.05, 0) is 31.2 Å². The van der Waals surface area contributed by atoms with Gasteiger partial charge in [0.2, 0.25) is 0 Å². The zero-order chi connectivity index (χ0) is 12.5. The fraction of sp³-hybridized carbons (Fsp3) is 0.533. The molecule has 1 aromatic rings. The lowest BCUT2D eigenvalue weighted by Gasteiger charge is -2.22. The summed E-state index contributed by atoms with van der Waals surface area (Å²) in [5, 5.41) is 0. The number of para-hydroxylation sites is 1. The third kappa shape index (κ3) is 5.03. The summed E-state index contributed by atoms with van der Waals surface area (Å²) in [6.07, 6.45) is 4.23. The number of rotatable bonds is 7. The van der Waals surface area contributed by atoms with Crippen molar-refractivity contribution in [1.82, 2.24) is 0 Å². The summed E-state index contributed by atoms with van der Waals surface area (Å²) in [6, 6.07) is 10.0. The standard InChI is InChI=1S/C15H23NO/c1-4-11-16-12-13(3)15(5-2)17-14-9-7-6-8-10-14/h6-11,13,15H,4-5,12H2,1-3H3/b16-11-/t13-,15?/m1/s1. The summed E-state index contributed by atoms with van der Waals surface area (Å²) >= 11 is 0. The molecule has 1 aromatic carbocycles. The number of hydrogen-bond acceptors (Lipinski definition) is 2. The van der Waals surface area contributed by atoms with Gasteiger partial charge in [-0.15, -0.1) is 0 Å². The molecule has 0 bridgehead atoms. The molecule has 0 fully saturated rings. The molecular formula is C15H23NO. The van der Waals surface area contributed by atoms with E-state index in [9.17, 15) is 0 Å². The minimum absolute atomic E-state index is 0.242. The van der Waals surface area contributed by atoms with Crippen LogP contribution in [0.15, 0.2) is 35.3 Å². The van der Waals surface area contributed by atoms with Gasteiger partial charge in [-0.2, -0.15) is 0 Å². The van der Waals surface area contributed by atoms with Gasteiger partial charge in [0.25, 0.3) is 0 Å². The Morgan fingerprint density at radius 2 is 1.94 bits per heavy atom. The maximum atomic E-state index is 5.98. The van der Waals surface area contributed by atoms with Gasteiger partial charge in [0, 0.05) is 12.5 Å². The van der Waals surface area contributed by atoms with Gasteiger partial charge >= 0.3 is 0 Å². The number of benzene rings is 1. The first-order chi connectivity index (χ1) is 8.27. The monoisotopic (exact) mass is 233 g/mol. The van der Waals surface area contributed by atoms with Crippen LogP contribution in [0.25, 0.3) is 0 Å². The van der Waals surface area contributed by atoms with E-state index < -0.39 is 0 Å². The van der Waals surface area contributed by atoms with Crippen LogP contribution in [0.2, 0.25) is 0 Å². The average Bonchev–Trinajstić information content (AvgIpc) is 2.37. The predicted octanol–water partition coefficient (Wildman–Crippen LogP) is 3.96. The molecule has 1 unspecified atom stereocenters. The molecular weight excluding hydrogens is 210 g/mol. The maximum absolute atomic E-state index is 5.98.